The zero-order valence-corrected chi connectivity index (χ0v) is 12.1. The number of rotatable bonds is 0. The monoisotopic (exact) mass is 265 g/mol. The van der Waals surface area contributed by atoms with Gasteiger partial charge in [-0.25, -0.2) is 4.79 Å². The number of nitrogens with two attached hydrogens (primary N) is 1. The van der Waals surface area contributed by atoms with Crippen LogP contribution in [0.3, 0.4) is 0 Å². The molecule has 0 aromatic rings. The fourth-order valence-electron chi connectivity index (χ4n) is 4.07. The molecule has 3 unspecified atom stereocenters. The van der Waals surface area contributed by atoms with E-state index in [2.05, 4.69) is 16.7 Å². The number of fused-ring (bicyclic) bond motifs is 1. The van der Waals surface area contributed by atoms with E-state index in [0.29, 0.717) is 17.9 Å². The summed E-state index contributed by atoms with van der Waals surface area (Å²) < 4.78 is 0. The molecule has 1 saturated carbocycles. The number of amides is 2. The molecule has 19 heavy (non-hydrogen) atoms. The number of nitrogens with zero attached hydrogens (tertiary/aromatic N) is 2. The lowest BCUT2D eigenvalue weighted by Crippen LogP contribution is -2.46. The Bertz CT molecular complexity index is 338. The summed E-state index contributed by atoms with van der Waals surface area (Å²) in [7, 11) is 0. The lowest BCUT2D eigenvalue weighted by atomic mass is 9.78. The average Bonchev–Trinajstić information content (AvgIpc) is 2.84. The fraction of sp³-hybridized carbons (Fsp3) is 0.933. The standard InChI is InChI=1S/C15H27N3O/c1-11-5-7-17(8-6-11)15(19)18-9-12-3-2-4-14(16)13(12)10-18/h11-14H,2-10,16H2,1H3. The zero-order chi connectivity index (χ0) is 13.4. The number of hydrogen-bond donors (Lipinski definition) is 1. The summed E-state index contributed by atoms with van der Waals surface area (Å²) >= 11 is 0. The van der Waals surface area contributed by atoms with Gasteiger partial charge in [0.15, 0.2) is 0 Å². The van der Waals surface area contributed by atoms with Crippen molar-refractivity contribution in [1.82, 2.24) is 9.80 Å². The van der Waals surface area contributed by atoms with E-state index >= 15 is 0 Å². The normalized spacial score (nSPS) is 36.4. The van der Waals surface area contributed by atoms with Crippen LogP contribution < -0.4 is 5.73 Å². The summed E-state index contributed by atoms with van der Waals surface area (Å²) in [5.41, 5.74) is 6.23. The van der Waals surface area contributed by atoms with E-state index in [1.54, 1.807) is 0 Å². The molecule has 4 heteroatoms. The molecule has 0 spiro atoms. The first-order chi connectivity index (χ1) is 9.15. The molecule has 0 radical (unpaired) electrons. The van der Waals surface area contributed by atoms with Crippen molar-refractivity contribution < 1.29 is 4.79 Å². The van der Waals surface area contributed by atoms with Crippen molar-refractivity contribution in [2.75, 3.05) is 26.2 Å². The maximum atomic E-state index is 12.6. The quantitative estimate of drug-likeness (QED) is 0.727. The summed E-state index contributed by atoms with van der Waals surface area (Å²) in [6, 6.07) is 0.589. The molecule has 2 aliphatic heterocycles. The van der Waals surface area contributed by atoms with E-state index in [-0.39, 0.29) is 6.03 Å². The van der Waals surface area contributed by atoms with Crippen LogP contribution in [0.25, 0.3) is 0 Å². The van der Waals surface area contributed by atoms with Gasteiger partial charge >= 0.3 is 6.03 Å². The maximum Gasteiger partial charge on any atom is 0.320 e. The third-order valence-corrected chi connectivity index (χ3v) is 5.48. The molecular weight excluding hydrogens is 238 g/mol. The largest absolute Gasteiger partial charge is 0.327 e. The van der Waals surface area contributed by atoms with Gasteiger partial charge in [0, 0.05) is 32.2 Å². The molecule has 3 rings (SSSR count). The van der Waals surface area contributed by atoms with Crippen LogP contribution in [0.5, 0.6) is 0 Å². The van der Waals surface area contributed by atoms with Gasteiger partial charge in [0.2, 0.25) is 0 Å². The van der Waals surface area contributed by atoms with Crippen LogP contribution in [-0.4, -0.2) is 48.1 Å². The van der Waals surface area contributed by atoms with Crippen molar-refractivity contribution in [3.8, 4) is 0 Å². The van der Waals surface area contributed by atoms with Crippen LogP contribution in [0, 0.1) is 17.8 Å². The van der Waals surface area contributed by atoms with Gasteiger partial charge in [0.25, 0.3) is 0 Å². The minimum Gasteiger partial charge on any atom is -0.327 e. The van der Waals surface area contributed by atoms with E-state index < -0.39 is 0 Å². The number of hydrogen-bond acceptors (Lipinski definition) is 2. The van der Waals surface area contributed by atoms with Gasteiger partial charge in [0.1, 0.15) is 0 Å². The van der Waals surface area contributed by atoms with Crippen LogP contribution in [0.1, 0.15) is 39.0 Å². The maximum absolute atomic E-state index is 12.6. The van der Waals surface area contributed by atoms with Crippen molar-refractivity contribution in [1.29, 1.82) is 0 Å². The van der Waals surface area contributed by atoms with Crippen LogP contribution in [-0.2, 0) is 0 Å². The molecule has 2 heterocycles. The topological polar surface area (TPSA) is 49.6 Å². The van der Waals surface area contributed by atoms with Crippen LogP contribution >= 0.6 is 0 Å². The molecule has 0 bridgehead atoms. The summed E-state index contributed by atoms with van der Waals surface area (Å²) in [6.45, 7) is 6.01. The van der Waals surface area contributed by atoms with E-state index in [1.165, 1.54) is 12.8 Å². The third kappa shape index (κ3) is 2.60. The third-order valence-electron chi connectivity index (χ3n) is 5.48. The summed E-state index contributed by atoms with van der Waals surface area (Å²) in [4.78, 5) is 16.7. The number of likely N-dealkylation sites (tertiary alicyclic amines) is 2. The molecule has 108 valence electrons. The minimum absolute atomic E-state index is 0.272. The fourth-order valence-corrected chi connectivity index (χ4v) is 4.07. The highest BCUT2D eigenvalue weighted by Gasteiger charge is 2.41. The van der Waals surface area contributed by atoms with Crippen molar-refractivity contribution in [2.24, 2.45) is 23.5 Å². The number of piperidine rings is 1. The van der Waals surface area contributed by atoms with Gasteiger partial charge in [-0.05, 0) is 43.4 Å². The second-order valence-electron chi connectivity index (χ2n) is 6.88. The molecule has 2 saturated heterocycles. The highest BCUT2D eigenvalue weighted by atomic mass is 16.2. The van der Waals surface area contributed by atoms with E-state index in [9.17, 15) is 4.79 Å². The average molecular weight is 265 g/mol. The molecule has 0 aromatic heterocycles. The van der Waals surface area contributed by atoms with Gasteiger partial charge in [-0.15, -0.1) is 0 Å². The Morgan fingerprint density at radius 1 is 1.05 bits per heavy atom. The second-order valence-corrected chi connectivity index (χ2v) is 6.88. The van der Waals surface area contributed by atoms with Crippen molar-refractivity contribution in [3.63, 3.8) is 0 Å². The van der Waals surface area contributed by atoms with E-state index in [0.717, 1.165) is 51.4 Å². The van der Waals surface area contributed by atoms with Gasteiger partial charge in [-0.3, -0.25) is 0 Å². The molecule has 3 fully saturated rings. The Balaban J connectivity index is 1.59. The van der Waals surface area contributed by atoms with Crippen molar-refractivity contribution in [2.45, 2.75) is 45.1 Å². The molecule has 2 amide bonds. The molecule has 1 aliphatic carbocycles. The van der Waals surface area contributed by atoms with Crippen molar-refractivity contribution >= 4 is 6.03 Å². The Morgan fingerprint density at radius 2 is 1.79 bits per heavy atom. The van der Waals surface area contributed by atoms with E-state index in [4.69, 9.17) is 5.73 Å². The highest BCUT2D eigenvalue weighted by Crippen LogP contribution is 2.36. The minimum atomic E-state index is 0.272. The molecular formula is C15H27N3O. The van der Waals surface area contributed by atoms with Gasteiger partial charge < -0.3 is 15.5 Å². The molecule has 3 aliphatic rings. The van der Waals surface area contributed by atoms with Gasteiger partial charge in [-0.2, -0.15) is 0 Å². The summed E-state index contributed by atoms with van der Waals surface area (Å²) in [5.74, 6) is 2.00. The Labute approximate surface area is 116 Å². The second kappa shape index (κ2) is 5.31. The number of carbonyl (C=O) groups is 1. The number of urea groups is 1. The Morgan fingerprint density at radius 3 is 2.47 bits per heavy atom. The zero-order valence-electron chi connectivity index (χ0n) is 12.1. The molecule has 0 aromatic carbocycles. The SMILES string of the molecule is CC1CCN(C(=O)N2CC3CCCC(N)C3C2)CC1. The Kier molecular flexibility index (Phi) is 3.70. The highest BCUT2D eigenvalue weighted by molar-refractivity contribution is 5.75. The summed E-state index contributed by atoms with van der Waals surface area (Å²) in [5, 5.41) is 0. The van der Waals surface area contributed by atoms with Gasteiger partial charge in [0.05, 0.1) is 0 Å². The van der Waals surface area contributed by atoms with Gasteiger partial charge in [-0.1, -0.05) is 13.3 Å². The lowest BCUT2D eigenvalue weighted by molar-refractivity contribution is 0.141. The molecule has 2 N–H and O–H groups in total. The van der Waals surface area contributed by atoms with Crippen LogP contribution in [0.2, 0.25) is 0 Å². The predicted octanol–water partition coefficient (Wildman–Crippen LogP) is 1.90. The van der Waals surface area contributed by atoms with Crippen LogP contribution in [0.15, 0.2) is 0 Å². The predicted molar refractivity (Wildman–Crippen MR) is 75.7 cm³/mol. The first-order valence-corrected chi connectivity index (χ1v) is 7.94. The van der Waals surface area contributed by atoms with Crippen LogP contribution in [0.4, 0.5) is 4.79 Å². The van der Waals surface area contributed by atoms with E-state index in [1.807, 2.05) is 0 Å². The first-order valence-electron chi connectivity index (χ1n) is 7.94. The molecule has 3 atom stereocenters. The number of carbonyl (C=O) groups excluding carboxylic acids is 1. The Hall–Kier alpha value is -0.770. The van der Waals surface area contributed by atoms with Crippen molar-refractivity contribution in [3.05, 3.63) is 0 Å². The smallest absolute Gasteiger partial charge is 0.320 e. The first kappa shape index (κ1) is 13.2. The summed E-state index contributed by atoms with van der Waals surface area (Å²) in [6.07, 6.45) is 5.97. The lowest BCUT2D eigenvalue weighted by Gasteiger charge is -2.33. The molecule has 4 nitrogen and oxygen atoms in total.